The fourth-order valence-corrected chi connectivity index (χ4v) is 2.32. The Kier molecular flexibility index (Phi) is 2.65. The quantitative estimate of drug-likeness (QED) is 0.880. The van der Waals surface area contributed by atoms with Crippen LogP contribution in [-0.4, -0.2) is 13.7 Å². The zero-order valence-corrected chi connectivity index (χ0v) is 9.56. The van der Waals surface area contributed by atoms with Crippen molar-refractivity contribution in [2.24, 2.45) is 5.73 Å². The Balaban J connectivity index is 2.60. The van der Waals surface area contributed by atoms with E-state index in [2.05, 4.69) is 15.9 Å². The van der Waals surface area contributed by atoms with Gasteiger partial charge in [0.15, 0.2) is 11.5 Å². The lowest BCUT2D eigenvalue weighted by Gasteiger charge is -2.11. The van der Waals surface area contributed by atoms with E-state index in [1.807, 2.05) is 6.07 Å². The highest BCUT2D eigenvalue weighted by Gasteiger charge is 2.22. The van der Waals surface area contributed by atoms with Crippen molar-refractivity contribution in [1.82, 2.24) is 0 Å². The van der Waals surface area contributed by atoms with E-state index >= 15 is 0 Å². The molecule has 0 saturated heterocycles. The molecular formula is C10H12BrNO2. The molecule has 0 aliphatic carbocycles. The molecule has 0 amide bonds. The smallest absolute Gasteiger partial charge is 0.165 e. The average Bonchev–Trinajstić information content (AvgIpc) is 2.68. The minimum absolute atomic E-state index is 0.504. The molecule has 0 unspecified atom stereocenters. The van der Waals surface area contributed by atoms with Crippen LogP contribution >= 0.6 is 15.9 Å². The normalized spacial score (nSPS) is 13.6. The van der Waals surface area contributed by atoms with Crippen molar-refractivity contribution in [3.05, 3.63) is 21.7 Å². The SMILES string of the molecule is COc1cc(CN)c(Br)c2c1OCC2. The topological polar surface area (TPSA) is 44.5 Å². The van der Waals surface area contributed by atoms with Gasteiger partial charge < -0.3 is 15.2 Å². The van der Waals surface area contributed by atoms with Crippen LogP contribution in [0.4, 0.5) is 0 Å². The molecule has 0 spiro atoms. The Labute approximate surface area is 91.3 Å². The van der Waals surface area contributed by atoms with Crippen molar-refractivity contribution in [2.45, 2.75) is 13.0 Å². The molecule has 0 atom stereocenters. The highest BCUT2D eigenvalue weighted by Crippen LogP contribution is 2.41. The Hall–Kier alpha value is -0.740. The molecule has 1 heterocycles. The number of halogens is 1. The molecule has 0 fully saturated rings. The Morgan fingerprint density at radius 3 is 3.07 bits per heavy atom. The molecule has 2 N–H and O–H groups in total. The zero-order valence-electron chi connectivity index (χ0n) is 7.97. The van der Waals surface area contributed by atoms with Gasteiger partial charge in [0.05, 0.1) is 13.7 Å². The van der Waals surface area contributed by atoms with Gasteiger partial charge in [0.25, 0.3) is 0 Å². The van der Waals surface area contributed by atoms with Gasteiger partial charge in [-0.3, -0.25) is 0 Å². The number of hydrogen-bond donors (Lipinski definition) is 1. The molecule has 0 radical (unpaired) electrons. The highest BCUT2D eigenvalue weighted by atomic mass is 79.9. The Bertz CT molecular complexity index is 366. The summed E-state index contributed by atoms with van der Waals surface area (Å²) in [7, 11) is 1.64. The van der Waals surface area contributed by atoms with Gasteiger partial charge in [0.1, 0.15) is 0 Å². The average molecular weight is 258 g/mol. The van der Waals surface area contributed by atoms with Crippen LogP contribution in [0.3, 0.4) is 0 Å². The van der Waals surface area contributed by atoms with E-state index < -0.39 is 0 Å². The van der Waals surface area contributed by atoms with Gasteiger partial charge in [0, 0.05) is 23.0 Å². The summed E-state index contributed by atoms with van der Waals surface area (Å²) in [5.41, 5.74) is 7.87. The molecule has 1 aromatic rings. The van der Waals surface area contributed by atoms with Crippen molar-refractivity contribution in [3.8, 4) is 11.5 Å². The van der Waals surface area contributed by atoms with Gasteiger partial charge in [-0.05, 0) is 11.6 Å². The van der Waals surface area contributed by atoms with Gasteiger partial charge in [-0.25, -0.2) is 0 Å². The summed E-state index contributed by atoms with van der Waals surface area (Å²) >= 11 is 3.54. The number of ether oxygens (including phenoxy) is 2. The number of nitrogens with two attached hydrogens (primary N) is 1. The molecule has 14 heavy (non-hydrogen) atoms. The van der Waals surface area contributed by atoms with Gasteiger partial charge in [-0.2, -0.15) is 0 Å². The number of rotatable bonds is 2. The lowest BCUT2D eigenvalue weighted by Crippen LogP contribution is -2.00. The minimum atomic E-state index is 0.504. The molecule has 0 saturated carbocycles. The molecule has 2 rings (SSSR count). The van der Waals surface area contributed by atoms with Crippen molar-refractivity contribution < 1.29 is 9.47 Å². The third kappa shape index (κ3) is 1.38. The van der Waals surface area contributed by atoms with Gasteiger partial charge in [0.2, 0.25) is 0 Å². The summed E-state index contributed by atoms with van der Waals surface area (Å²) in [6, 6.07) is 1.92. The first kappa shape index (κ1) is 9.80. The summed E-state index contributed by atoms with van der Waals surface area (Å²) < 4.78 is 11.8. The van der Waals surface area contributed by atoms with E-state index in [4.69, 9.17) is 15.2 Å². The van der Waals surface area contributed by atoms with Crippen LogP contribution in [0, 0.1) is 0 Å². The van der Waals surface area contributed by atoms with Crippen LogP contribution in [0.15, 0.2) is 10.5 Å². The van der Waals surface area contributed by atoms with Crippen LogP contribution in [0.1, 0.15) is 11.1 Å². The second-order valence-electron chi connectivity index (χ2n) is 3.16. The predicted molar refractivity (Wildman–Crippen MR) is 57.8 cm³/mol. The van der Waals surface area contributed by atoms with E-state index in [1.165, 1.54) is 5.56 Å². The second-order valence-corrected chi connectivity index (χ2v) is 3.96. The maximum atomic E-state index is 5.64. The molecule has 76 valence electrons. The fraction of sp³-hybridized carbons (Fsp3) is 0.400. The third-order valence-electron chi connectivity index (χ3n) is 2.39. The molecule has 1 aromatic carbocycles. The number of benzene rings is 1. The summed E-state index contributed by atoms with van der Waals surface area (Å²) in [6.07, 6.45) is 0.917. The largest absolute Gasteiger partial charge is 0.493 e. The molecular weight excluding hydrogens is 246 g/mol. The molecule has 0 bridgehead atoms. The van der Waals surface area contributed by atoms with E-state index in [0.29, 0.717) is 6.54 Å². The fourth-order valence-electron chi connectivity index (χ4n) is 1.67. The third-order valence-corrected chi connectivity index (χ3v) is 3.38. The van der Waals surface area contributed by atoms with Crippen LogP contribution in [0.25, 0.3) is 0 Å². The van der Waals surface area contributed by atoms with Gasteiger partial charge >= 0.3 is 0 Å². The Morgan fingerprint density at radius 1 is 1.64 bits per heavy atom. The zero-order chi connectivity index (χ0) is 10.1. The summed E-state index contributed by atoms with van der Waals surface area (Å²) in [4.78, 5) is 0. The second kappa shape index (κ2) is 3.79. The first-order valence-corrected chi connectivity index (χ1v) is 5.28. The van der Waals surface area contributed by atoms with Crippen LogP contribution in [0.2, 0.25) is 0 Å². The molecule has 4 heteroatoms. The first-order valence-electron chi connectivity index (χ1n) is 4.49. The predicted octanol–water partition coefficient (Wildman–Crippen LogP) is 1.85. The van der Waals surface area contributed by atoms with Crippen LogP contribution < -0.4 is 15.2 Å². The van der Waals surface area contributed by atoms with Crippen molar-refractivity contribution in [1.29, 1.82) is 0 Å². The van der Waals surface area contributed by atoms with Crippen molar-refractivity contribution in [2.75, 3.05) is 13.7 Å². The van der Waals surface area contributed by atoms with E-state index in [-0.39, 0.29) is 0 Å². The summed E-state index contributed by atoms with van der Waals surface area (Å²) in [5.74, 6) is 1.64. The monoisotopic (exact) mass is 257 g/mol. The molecule has 0 aromatic heterocycles. The maximum Gasteiger partial charge on any atom is 0.165 e. The summed E-state index contributed by atoms with van der Waals surface area (Å²) in [6.45, 7) is 1.22. The molecule has 1 aliphatic rings. The lowest BCUT2D eigenvalue weighted by atomic mass is 10.1. The number of methoxy groups -OCH3 is 1. The lowest BCUT2D eigenvalue weighted by molar-refractivity contribution is 0.326. The van der Waals surface area contributed by atoms with E-state index in [1.54, 1.807) is 7.11 Å². The van der Waals surface area contributed by atoms with E-state index in [9.17, 15) is 0 Å². The van der Waals surface area contributed by atoms with Crippen molar-refractivity contribution >= 4 is 15.9 Å². The maximum absolute atomic E-state index is 5.64. The Morgan fingerprint density at radius 2 is 2.43 bits per heavy atom. The standard InChI is InChI=1S/C10H12BrNO2/c1-13-8-4-6(5-12)9(11)7-2-3-14-10(7)8/h4H,2-3,5,12H2,1H3. The minimum Gasteiger partial charge on any atom is -0.493 e. The van der Waals surface area contributed by atoms with Gasteiger partial charge in [-0.15, -0.1) is 0 Å². The molecule has 1 aliphatic heterocycles. The number of fused-ring (bicyclic) bond motifs is 1. The number of hydrogen-bond acceptors (Lipinski definition) is 3. The van der Waals surface area contributed by atoms with Crippen molar-refractivity contribution in [3.63, 3.8) is 0 Å². The molecule has 3 nitrogen and oxygen atoms in total. The summed E-state index contributed by atoms with van der Waals surface area (Å²) in [5, 5.41) is 0. The first-order chi connectivity index (χ1) is 6.77. The van der Waals surface area contributed by atoms with Crippen LogP contribution in [-0.2, 0) is 13.0 Å². The van der Waals surface area contributed by atoms with E-state index in [0.717, 1.165) is 34.6 Å². The highest BCUT2D eigenvalue weighted by molar-refractivity contribution is 9.10. The van der Waals surface area contributed by atoms with Gasteiger partial charge in [-0.1, -0.05) is 15.9 Å². The van der Waals surface area contributed by atoms with Crippen LogP contribution in [0.5, 0.6) is 11.5 Å².